The van der Waals surface area contributed by atoms with Gasteiger partial charge in [-0.15, -0.1) is 24.5 Å². The predicted molar refractivity (Wildman–Crippen MR) is 121 cm³/mol. The summed E-state index contributed by atoms with van der Waals surface area (Å²) in [5.74, 6) is -0.945. The van der Waals surface area contributed by atoms with Crippen molar-refractivity contribution in [1.29, 1.82) is 0 Å². The van der Waals surface area contributed by atoms with Crippen LogP contribution in [0.4, 0.5) is 13.2 Å². The van der Waals surface area contributed by atoms with Crippen LogP contribution in [0.25, 0.3) is 10.4 Å². The average Bonchev–Trinajstić information content (AvgIpc) is 3.43. The predicted octanol–water partition coefficient (Wildman–Crippen LogP) is 4.05. The normalized spacial score (nSPS) is 17.7. The minimum absolute atomic E-state index is 0.114. The standard InChI is InChI=1S/C24H18F3N3O5S/c25-24(26,27)35-14-6-4-13(5-7-14)19-10-28-21(36-19)12-34-18-3-1-2-15-16(18)11-30(23(15)33)17-8-9-20(31)29-22(17)32/h1-7,10,17H,8-9,11-12H2,(H,29,31,32). The Morgan fingerprint density at radius 2 is 1.89 bits per heavy atom. The second kappa shape index (κ2) is 9.26. The number of piperidine rings is 1. The van der Waals surface area contributed by atoms with Crippen molar-refractivity contribution in [3.63, 3.8) is 0 Å². The largest absolute Gasteiger partial charge is 0.573 e. The van der Waals surface area contributed by atoms with Gasteiger partial charge in [0.1, 0.15) is 29.2 Å². The van der Waals surface area contributed by atoms with Gasteiger partial charge in [-0.05, 0) is 48.4 Å². The molecule has 0 bridgehead atoms. The molecule has 0 aliphatic carbocycles. The van der Waals surface area contributed by atoms with E-state index in [-0.39, 0.29) is 43.6 Å². The van der Waals surface area contributed by atoms with Crippen LogP contribution < -0.4 is 14.8 Å². The molecule has 8 nitrogen and oxygen atoms in total. The number of alkyl halides is 3. The van der Waals surface area contributed by atoms with Crippen LogP contribution in [-0.2, 0) is 22.7 Å². The molecule has 186 valence electrons. The number of thiazole rings is 1. The summed E-state index contributed by atoms with van der Waals surface area (Å²) >= 11 is 1.32. The van der Waals surface area contributed by atoms with Crippen molar-refractivity contribution in [1.82, 2.24) is 15.2 Å². The third-order valence-electron chi connectivity index (χ3n) is 5.82. The van der Waals surface area contributed by atoms with E-state index < -0.39 is 18.3 Å². The number of hydrogen-bond acceptors (Lipinski definition) is 7. The Kier molecular flexibility index (Phi) is 6.12. The molecule has 1 fully saturated rings. The quantitative estimate of drug-likeness (QED) is 0.496. The van der Waals surface area contributed by atoms with Crippen molar-refractivity contribution >= 4 is 29.1 Å². The molecule has 1 atom stereocenters. The van der Waals surface area contributed by atoms with Crippen LogP contribution in [0.5, 0.6) is 11.5 Å². The maximum absolute atomic E-state index is 12.9. The lowest BCUT2D eigenvalue weighted by Gasteiger charge is -2.29. The van der Waals surface area contributed by atoms with E-state index in [1.54, 1.807) is 24.4 Å². The van der Waals surface area contributed by atoms with Crippen molar-refractivity contribution in [2.75, 3.05) is 0 Å². The second-order valence-electron chi connectivity index (χ2n) is 8.16. The molecule has 1 N–H and O–H groups in total. The van der Waals surface area contributed by atoms with Gasteiger partial charge >= 0.3 is 6.36 Å². The summed E-state index contributed by atoms with van der Waals surface area (Å²) in [6.45, 7) is 0.301. The van der Waals surface area contributed by atoms with Crippen LogP contribution in [-0.4, -0.2) is 40.0 Å². The molecule has 0 radical (unpaired) electrons. The molecule has 3 aromatic rings. The van der Waals surface area contributed by atoms with Gasteiger partial charge in [-0.1, -0.05) is 6.07 Å². The lowest BCUT2D eigenvalue weighted by molar-refractivity contribution is -0.274. The first-order valence-corrected chi connectivity index (χ1v) is 11.7. The minimum Gasteiger partial charge on any atom is -0.486 e. The third-order valence-corrected chi connectivity index (χ3v) is 6.84. The summed E-state index contributed by atoms with van der Waals surface area (Å²) in [5.41, 5.74) is 1.78. The summed E-state index contributed by atoms with van der Waals surface area (Å²) < 4.78 is 46.9. The second-order valence-corrected chi connectivity index (χ2v) is 9.28. The molecule has 36 heavy (non-hydrogen) atoms. The summed E-state index contributed by atoms with van der Waals surface area (Å²) in [6, 6.07) is 9.87. The van der Waals surface area contributed by atoms with Crippen molar-refractivity contribution < 1.29 is 37.0 Å². The van der Waals surface area contributed by atoms with E-state index in [1.807, 2.05) is 0 Å². The van der Waals surface area contributed by atoms with Gasteiger partial charge in [0.25, 0.3) is 5.91 Å². The molecule has 2 aliphatic heterocycles. The topological polar surface area (TPSA) is 97.8 Å². The van der Waals surface area contributed by atoms with Crippen LogP contribution in [0.3, 0.4) is 0 Å². The number of halogens is 3. The number of fused-ring (bicyclic) bond motifs is 1. The SMILES string of the molecule is O=C1CCC(N2Cc3c(OCc4ncc(-c5ccc(OC(F)(F)F)cc5)s4)cccc3C2=O)C(=O)N1. The Hall–Kier alpha value is -3.93. The maximum Gasteiger partial charge on any atom is 0.573 e. The minimum atomic E-state index is -4.75. The molecule has 0 spiro atoms. The Morgan fingerprint density at radius 3 is 2.61 bits per heavy atom. The van der Waals surface area contributed by atoms with Gasteiger partial charge < -0.3 is 14.4 Å². The fourth-order valence-corrected chi connectivity index (χ4v) is 5.00. The van der Waals surface area contributed by atoms with Gasteiger partial charge in [-0.25, -0.2) is 4.98 Å². The Morgan fingerprint density at radius 1 is 1.11 bits per heavy atom. The average molecular weight is 517 g/mol. The van der Waals surface area contributed by atoms with Crippen molar-refractivity contribution in [2.24, 2.45) is 0 Å². The fraction of sp³-hybridized carbons (Fsp3) is 0.250. The van der Waals surface area contributed by atoms with E-state index in [0.29, 0.717) is 27.4 Å². The molecular formula is C24H18F3N3O5S. The number of ether oxygens (including phenoxy) is 2. The molecule has 1 unspecified atom stereocenters. The van der Waals surface area contributed by atoms with Crippen molar-refractivity contribution in [3.8, 4) is 21.9 Å². The van der Waals surface area contributed by atoms with E-state index >= 15 is 0 Å². The number of benzene rings is 2. The zero-order chi connectivity index (χ0) is 25.4. The van der Waals surface area contributed by atoms with Crippen molar-refractivity contribution in [3.05, 3.63) is 64.8 Å². The maximum atomic E-state index is 12.9. The summed E-state index contributed by atoms with van der Waals surface area (Å²) in [5, 5.41) is 2.91. The van der Waals surface area contributed by atoms with E-state index in [0.717, 1.165) is 4.88 Å². The van der Waals surface area contributed by atoms with Gasteiger partial charge in [0.2, 0.25) is 11.8 Å². The van der Waals surface area contributed by atoms with Crippen molar-refractivity contribution in [2.45, 2.75) is 38.4 Å². The highest BCUT2D eigenvalue weighted by Crippen LogP contribution is 2.35. The lowest BCUT2D eigenvalue weighted by Crippen LogP contribution is -2.52. The first-order valence-electron chi connectivity index (χ1n) is 10.9. The molecule has 3 amide bonds. The number of carbonyl (C=O) groups is 3. The van der Waals surface area contributed by atoms with Crippen LogP contribution in [0.2, 0.25) is 0 Å². The highest BCUT2D eigenvalue weighted by molar-refractivity contribution is 7.15. The van der Waals surface area contributed by atoms with Crippen LogP contribution in [0, 0.1) is 0 Å². The number of carbonyl (C=O) groups excluding carboxylic acids is 3. The van der Waals surface area contributed by atoms with E-state index in [1.165, 1.54) is 40.5 Å². The number of rotatable bonds is 6. The lowest BCUT2D eigenvalue weighted by atomic mass is 10.0. The van der Waals surface area contributed by atoms with Gasteiger partial charge in [-0.3, -0.25) is 19.7 Å². The third kappa shape index (κ3) is 4.89. The highest BCUT2D eigenvalue weighted by Gasteiger charge is 2.40. The van der Waals surface area contributed by atoms with Gasteiger partial charge in [0, 0.05) is 23.7 Å². The van der Waals surface area contributed by atoms with E-state index in [2.05, 4.69) is 15.0 Å². The number of imide groups is 1. The zero-order valence-electron chi connectivity index (χ0n) is 18.5. The number of nitrogens with one attached hydrogen (secondary N) is 1. The molecule has 5 rings (SSSR count). The molecule has 1 aromatic heterocycles. The molecule has 0 saturated carbocycles. The number of nitrogens with zero attached hydrogens (tertiary/aromatic N) is 2. The number of amides is 3. The van der Waals surface area contributed by atoms with E-state index in [9.17, 15) is 27.6 Å². The first kappa shape index (κ1) is 23.8. The molecule has 2 aromatic carbocycles. The van der Waals surface area contributed by atoms with Crippen LogP contribution in [0.15, 0.2) is 48.7 Å². The molecule has 3 heterocycles. The van der Waals surface area contributed by atoms with Gasteiger partial charge in [-0.2, -0.15) is 0 Å². The Bertz CT molecular complexity index is 1340. The smallest absolute Gasteiger partial charge is 0.486 e. The van der Waals surface area contributed by atoms with Crippen LogP contribution in [0.1, 0.15) is 33.8 Å². The fourth-order valence-electron chi connectivity index (χ4n) is 4.16. The summed E-state index contributed by atoms with van der Waals surface area (Å²) in [7, 11) is 0. The molecular weight excluding hydrogens is 499 g/mol. The molecule has 1 saturated heterocycles. The summed E-state index contributed by atoms with van der Waals surface area (Å²) in [4.78, 5) is 43.2. The molecule has 12 heteroatoms. The van der Waals surface area contributed by atoms with E-state index in [4.69, 9.17) is 4.74 Å². The molecule has 2 aliphatic rings. The van der Waals surface area contributed by atoms with Gasteiger partial charge in [0.05, 0.1) is 11.4 Å². The Balaban J connectivity index is 1.26. The summed E-state index contributed by atoms with van der Waals surface area (Å²) in [6.07, 6.45) is -2.71. The zero-order valence-corrected chi connectivity index (χ0v) is 19.3. The highest BCUT2D eigenvalue weighted by atomic mass is 32.1. The first-order chi connectivity index (χ1) is 17.2. The monoisotopic (exact) mass is 517 g/mol. The van der Waals surface area contributed by atoms with Crippen LogP contribution >= 0.6 is 11.3 Å². The Labute approximate surface area is 206 Å². The number of hydrogen-bond donors (Lipinski definition) is 1. The van der Waals surface area contributed by atoms with Gasteiger partial charge in [0.15, 0.2) is 0 Å². The number of aromatic nitrogens is 1.